The quantitative estimate of drug-likeness (QED) is 0.428. The minimum atomic E-state index is -0.349. The fourth-order valence-electron chi connectivity index (χ4n) is 2.34. The molecule has 3 rings (SSSR count). The van der Waals surface area contributed by atoms with Crippen LogP contribution in [0.15, 0.2) is 34.3 Å². The number of ether oxygens (including phenoxy) is 1. The van der Waals surface area contributed by atoms with Gasteiger partial charge in [-0.3, -0.25) is 9.59 Å². The van der Waals surface area contributed by atoms with Gasteiger partial charge in [0.15, 0.2) is 10.8 Å². The summed E-state index contributed by atoms with van der Waals surface area (Å²) in [5.41, 5.74) is 3.31. The molecule has 1 aromatic carbocycles. The number of aromatic amines is 1. The average molecular weight is 358 g/mol. The van der Waals surface area contributed by atoms with Gasteiger partial charge in [0, 0.05) is 0 Å². The number of carbonyl (C=O) groups excluding carboxylic acids is 1. The van der Waals surface area contributed by atoms with Crippen molar-refractivity contribution in [2.45, 2.75) is 25.9 Å². The number of hydrogen-bond donors (Lipinski definition) is 1. The second-order valence-corrected chi connectivity index (χ2v) is 6.49. The molecule has 0 radical (unpaired) electrons. The Bertz CT molecular complexity index is 993. The monoisotopic (exact) mass is 358 g/mol. The van der Waals surface area contributed by atoms with Crippen LogP contribution in [0.5, 0.6) is 0 Å². The van der Waals surface area contributed by atoms with Crippen molar-refractivity contribution < 1.29 is 9.53 Å². The molecule has 130 valence electrons. The van der Waals surface area contributed by atoms with E-state index in [0.717, 1.165) is 23.0 Å². The number of nitrogens with one attached hydrogen (secondary N) is 1. The molecule has 0 fully saturated rings. The van der Waals surface area contributed by atoms with Gasteiger partial charge in [0.1, 0.15) is 5.39 Å². The van der Waals surface area contributed by atoms with Crippen LogP contribution >= 0.6 is 11.8 Å². The molecule has 0 aliphatic rings. The summed E-state index contributed by atoms with van der Waals surface area (Å²) in [5.74, 6) is -0.266. The maximum atomic E-state index is 12.3. The van der Waals surface area contributed by atoms with Crippen molar-refractivity contribution in [3.05, 3.63) is 45.9 Å². The Morgan fingerprint density at radius 1 is 1.32 bits per heavy atom. The number of fused-ring (bicyclic) bond motifs is 1. The van der Waals surface area contributed by atoms with Gasteiger partial charge in [-0.05, 0) is 44.0 Å². The fourth-order valence-corrected chi connectivity index (χ4v) is 3.00. The van der Waals surface area contributed by atoms with E-state index in [0.29, 0.717) is 22.8 Å². The molecule has 0 bridgehead atoms. The lowest BCUT2D eigenvalue weighted by Gasteiger charge is -2.07. The van der Waals surface area contributed by atoms with Gasteiger partial charge >= 0.3 is 5.97 Å². The Morgan fingerprint density at radius 2 is 2.12 bits per heavy atom. The Kier molecular flexibility index (Phi) is 4.89. The molecule has 0 aliphatic carbocycles. The van der Waals surface area contributed by atoms with Gasteiger partial charge < -0.3 is 9.72 Å². The first kappa shape index (κ1) is 17.2. The maximum Gasteiger partial charge on any atom is 0.316 e. The highest BCUT2D eigenvalue weighted by Crippen LogP contribution is 2.19. The van der Waals surface area contributed by atoms with E-state index in [9.17, 15) is 9.59 Å². The first-order valence-corrected chi connectivity index (χ1v) is 8.82. The molecule has 25 heavy (non-hydrogen) atoms. The Hall–Kier alpha value is -2.61. The van der Waals surface area contributed by atoms with E-state index in [1.807, 2.05) is 32.0 Å². The van der Waals surface area contributed by atoms with Gasteiger partial charge in [0.25, 0.3) is 5.56 Å². The minimum absolute atomic E-state index is 0.0834. The van der Waals surface area contributed by atoms with Crippen LogP contribution in [0.3, 0.4) is 0 Å². The van der Waals surface area contributed by atoms with Crippen molar-refractivity contribution in [1.29, 1.82) is 0 Å². The molecule has 0 saturated carbocycles. The highest BCUT2D eigenvalue weighted by atomic mass is 32.2. The second kappa shape index (κ2) is 7.10. The first-order chi connectivity index (χ1) is 12.0. The third-order valence-electron chi connectivity index (χ3n) is 3.78. The van der Waals surface area contributed by atoms with E-state index in [2.05, 4.69) is 15.1 Å². The van der Waals surface area contributed by atoms with E-state index in [-0.39, 0.29) is 17.3 Å². The number of rotatable bonds is 5. The molecular formula is C17H18N4O3S. The number of benzene rings is 1. The summed E-state index contributed by atoms with van der Waals surface area (Å²) in [7, 11) is 0. The summed E-state index contributed by atoms with van der Waals surface area (Å²) in [6.07, 6.45) is 1.50. The van der Waals surface area contributed by atoms with Crippen molar-refractivity contribution in [3.8, 4) is 5.69 Å². The summed E-state index contributed by atoms with van der Waals surface area (Å²) >= 11 is 1.13. The predicted molar refractivity (Wildman–Crippen MR) is 96.3 cm³/mol. The zero-order chi connectivity index (χ0) is 18.0. The number of H-pyrrole nitrogens is 1. The maximum absolute atomic E-state index is 12.3. The van der Waals surface area contributed by atoms with Crippen LogP contribution in [0, 0.1) is 13.8 Å². The zero-order valence-electron chi connectivity index (χ0n) is 14.2. The van der Waals surface area contributed by atoms with Crippen LogP contribution in [-0.2, 0) is 9.53 Å². The third-order valence-corrected chi connectivity index (χ3v) is 4.63. The number of aromatic nitrogens is 4. The molecule has 8 heteroatoms. The highest BCUT2D eigenvalue weighted by molar-refractivity contribution is 7.99. The standard InChI is InChI=1S/C17H18N4O3S/c1-4-24-14(22)9-25-17-19-15-13(16(23)20-17)8-18-21(15)12-6-5-10(2)11(3)7-12/h5-8H,4,9H2,1-3H3,(H,19,20,23). The lowest BCUT2D eigenvalue weighted by molar-refractivity contribution is -0.139. The molecule has 0 aliphatic heterocycles. The minimum Gasteiger partial charge on any atom is -0.465 e. The van der Waals surface area contributed by atoms with Crippen LogP contribution in [0.4, 0.5) is 0 Å². The van der Waals surface area contributed by atoms with Gasteiger partial charge in [0.2, 0.25) is 0 Å². The first-order valence-electron chi connectivity index (χ1n) is 7.83. The van der Waals surface area contributed by atoms with Crippen molar-refractivity contribution in [2.24, 2.45) is 0 Å². The molecule has 2 aromatic heterocycles. The van der Waals surface area contributed by atoms with Crippen LogP contribution < -0.4 is 5.56 Å². The fraction of sp³-hybridized carbons (Fsp3) is 0.294. The van der Waals surface area contributed by atoms with Gasteiger partial charge in [0.05, 0.1) is 24.2 Å². The van der Waals surface area contributed by atoms with Crippen molar-refractivity contribution in [3.63, 3.8) is 0 Å². The van der Waals surface area contributed by atoms with E-state index < -0.39 is 0 Å². The van der Waals surface area contributed by atoms with Gasteiger partial charge in [-0.2, -0.15) is 5.10 Å². The van der Waals surface area contributed by atoms with E-state index in [1.165, 1.54) is 11.8 Å². The number of nitrogens with zero attached hydrogens (tertiary/aromatic N) is 3. The van der Waals surface area contributed by atoms with Crippen LogP contribution in [-0.4, -0.2) is 38.1 Å². The number of aryl methyl sites for hydroxylation is 2. The lowest BCUT2D eigenvalue weighted by Crippen LogP contribution is -2.12. The molecule has 2 heterocycles. The predicted octanol–water partition coefficient (Wildman–Crippen LogP) is 2.38. The van der Waals surface area contributed by atoms with Gasteiger partial charge in [-0.1, -0.05) is 17.8 Å². The Labute approximate surface area is 148 Å². The number of esters is 1. The molecule has 3 aromatic rings. The van der Waals surface area contributed by atoms with Crippen LogP contribution in [0.2, 0.25) is 0 Å². The van der Waals surface area contributed by atoms with Gasteiger partial charge in [-0.25, -0.2) is 9.67 Å². The number of thioether (sulfide) groups is 1. The number of carbonyl (C=O) groups is 1. The summed E-state index contributed by atoms with van der Waals surface area (Å²) < 4.78 is 6.52. The van der Waals surface area contributed by atoms with Gasteiger partial charge in [-0.15, -0.1) is 0 Å². The van der Waals surface area contributed by atoms with Crippen molar-refractivity contribution >= 4 is 28.8 Å². The summed E-state index contributed by atoms with van der Waals surface area (Å²) in [6, 6.07) is 5.93. The molecule has 1 N–H and O–H groups in total. The molecule has 0 amide bonds. The summed E-state index contributed by atoms with van der Waals surface area (Å²) in [4.78, 5) is 30.9. The smallest absolute Gasteiger partial charge is 0.316 e. The summed E-state index contributed by atoms with van der Waals surface area (Å²) in [5, 5.41) is 5.06. The van der Waals surface area contributed by atoms with E-state index in [4.69, 9.17) is 4.74 Å². The SMILES string of the molecule is CCOC(=O)CSc1nc2c(cnn2-c2ccc(C)c(C)c2)c(=O)[nH]1. The van der Waals surface area contributed by atoms with Crippen molar-refractivity contribution in [2.75, 3.05) is 12.4 Å². The average Bonchev–Trinajstić information content (AvgIpc) is 3.00. The van der Waals surface area contributed by atoms with E-state index >= 15 is 0 Å². The molecular weight excluding hydrogens is 340 g/mol. The molecule has 7 nitrogen and oxygen atoms in total. The largest absolute Gasteiger partial charge is 0.465 e. The Balaban J connectivity index is 1.99. The second-order valence-electron chi connectivity index (χ2n) is 5.53. The lowest BCUT2D eigenvalue weighted by atomic mass is 10.1. The van der Waals surface area contributed by atoms with Crippen LogP contribution in [0.1, 0.15) is 18.1 Å². The van der Waals surface area contributed by atoms with Crippen LogP contribution in [0.25, 0.3) is 16.7 Å². The number of hydrogen-bond acceptors (Lipinski definition) is 6. The molecule has 0 saturated heterocycles. The Morgan fingerprint density at radius 3 is 2.84 bits per heavy atom. The topological polar surface area (TPSA) is 89.9 Å². The summed E-state index contributed by atoms with van der Waals surface area (Å²) in [6.45, 7) is 6.12. The molecule has 0 unspecified atom stereocenters. The zero-order valence-corrected chi connectivity index (χ0v) is 15.0. The van der Waals surface area contributed by atoms with Crippen molar-refractivity contribution in [1.82, 2.24) is 19.7 Å². The molecule has 0 atom stereocenters. The molecule has 0 spiro atoms. The highest BCUT2D eigenvalue weighted by Gasteiger charge is 2.13. The van der Waals surface area contributed by atoms with E-state index in [1.54, 1.807) is 11.6 Å². The third kappa shape index (κ3) is 3.58. The normalized spacial score (nSPS) is 11.0.